The Balaban J connectivity index is 2.25. The molecule has 0 aliphatic heterocycles. The van der Waals surface area contributed by atoms with Gasteiger partial charge in [0.15, 0.2) is 0 Å². The summed E-state index contributed by atoms with van der Waals surface area (Å²) in [6.07, 6.45) is 3.00. The fourth-order valence-corrected chi connectivity index (χ4v) is 1.89. The number of hydrogen-bond donors (Lipinski definition) is 1. The minimum absolute atomic E-state index is 0.154. The predicted octanol–water partition coefficient (Wildman–Crippen LogP) is 2.83. The Morgan fingerprint density at radius 1 is 1.35 bits per heavy atom. The number of aromatic nitrogens is 2. The molecule has 5 heteroatoms. The standard InChI is InChI=1S/C12H11BrN2O2/c1-8-2-3-11(10(13)4-8)17-12-6-14-5-9(7-16)15-12/h2-6,16H,7H2,1H3. The third-order valence-electron chi connectivity index (χ3n) is 2.13. The van der Waals surface area contributed by atoms with Crippen LogP contribution in [0.1, 0.15) is 11.3 Å². The molecular weight excluding hydrogens is 284 g/mol. The number of aliphatic hydroxyl groups excluding tert-OH is 1. The van der Waals surface area contributed by atoms with Crippen molar-refractivity contribution in [3.63, 3.8) is 0 Å². The van der Waals surface area contributed by atoms with E-state index >= 15 is 0 Å². The van der Waals surface area contributed by atoms with Gasteiger partial charge < -0.3 is 9.84 Å². The van der Waals surface area contributed by atoms with Crippen LogP contribution in [0.2, 0.25) is 0 Å². The van der Waals surface area contributed by atoms with Crippen molar-refractivity contribution < 1.29 is 9.84 Å². The molecule has 0 aliphatic rings. The number of nitrogens with zero attached hydrogens (tertiary/aromatic N) is 2. The van der Waals surface area contributed by atoms with Crippen LogP contribution in [0.25, 0.3) is 0 Å². The van der Waals surface area contributed by atoms with E-state index in [0.717, 1.165) is 10.0 Å². The first-order chi connectivity index (χ1) is 8.19. The molecule has 0 unspecified atom stereocenters. The molecule has 0 saturated carbocycles. The van der Waals surface area contributed by atoms with Crippen molar-refractivity contribution in [1.82, 2.24) is 9.97 Å². The summed E-state index contributed by atoms with van der Waals surface area (Å²) in [5.41, 5.74) is 1.62. The Hall–Kier alpha value is -1.46. The van der Waals surface area contributed by atoms with Gasteiger partial charge in [0.1, 0.15) is 5.75 Å². The van der Waals surface area contributed by atoms with E-state index in [2.05, 4.69) is 25.9 Å². The zero-order valence-electron chi connectivity index (χ0n) is 9.22. The molecule has 2 rings (SSSR count). The van der Waals surface area contributed by atoms with E-state index in [1.54, 1.807) is 0 Å². The van der Waals surface area contributed by atoms with Gasteiger partial charge in [-0.1, -0.05) is 6.07 Å². The van der Waals surface area contributed by atoms with Gasteiger partial charge in [0.2, 0.25) is 5.88 Å². The summed E-state index contributed by atoms with van der Waals surface area (Å²) in [7, 11) is 0. The lowest BCUT2D eigenvalue weighted by Crippen LogP contribution is -1.95. The van der Waals surface area contributed by atoms with Crippen molar-refractivity contribution in [2.45, 2.75) is 13.5 Å². The molecule has 88 valence electrons. The number of ether oxygens (including phenoxy) is 1. The molecule has 17 heavy (non-hydrogen) atoms. The highest BCUT2D eigenvalue weighted by molar-refractivity contribution is 9.10. The zero-order valence-corrected chi connectivity index (χ0v) is 10.8. The average molecular weight is 295 g/mol. The van der Waals surface area contributed by atoms with Gasteiger partial charge >= 0.3 is 0 Å². The third kappa shape index (κ3) is 3.01. The van der Waals surface area contributed by atoms with Crippen LogP contribution in [0.3, 0.4) is 0 Å². The van der Waals surface area contributed by atoms with E-state index in [0.29, 0.717) is 17.3 Å². The van der Waals surface area contributed by atoms with E-state index in [1.165, 1.54) is 12.4 Å². The van der Waals surface area contributed by atoms with E-state index in [-0.39, 0.29) is 6.61 Å². The largest absolute Gasteiger partial charge is 0.436 e. The molecule has 2 aromatic rings. The maximum absolute atomic E-state index is 8.95. The highest BCUT2D eigenvalue weighted by Crippen LogP contribution is 2.29. The molecule has 0 aliphatic carbocycles. The molecule has 0 bridgehead atoms. The van der Waals surface area contributed by atoms with Crippen LogP contribution < -0.4 is 4.74 Å². The Morgan fingerprint density at radius 3 is 2.88 bits per heavy atom. The first-order valence-electron chi connectivity index (χ1n) is 5.05. The lowest BCUT2D eigenvalue weighted by molar-refractivity contribution is 0.274. The molecule has 0 atom stereocenters. The number of aryl methyl sites for hydroxylation is 1. The molecule has 1 N–H and O–H groups in total. The first kappa shape index (κ1) is 12.0. The lowest BCUT2D eigenvalue weighted by atomic mass is 10.2. The second-order valence-electron chi connectivity index (χ2n) is 3.54. The Kier molecular flexibility index (Phi) is 3.71. The topological polar surface area (TPSA) is 55.2 Å². The maximum Gasteiger partial charge on any atom is 0.238 e. The second-order valence-corrected chi connectivity index (χ2v) is 4.40. The van der Waals surface area contributed by atoms with Crippen molar-refractivity contribution in [3.05, 3.63) is 46.3 Å². The molecule has 1 heterocycles. The minimum Gasteiger partial charge on any atom is -0.436 e. The third-order valence-corrected chi connectivity index (χ3v) is 2.75. The molecule has 4 nitrogen and oxygen atoms in total. The van der Waals surface area contributed by atoms with Crippen molar-refractivity contribution in [1.29, 1.82) is 0 Å². The highest BCUT2D eigenvalue weighted by atomic mass is 79.9. The highest BCUT2D eigenvalue weighted by Gasteiger charge is 2.05. The average Bonchev–Trinajstić information content (AvgIpc) is 2.33. The summed E-state index contributed by atoms with van der Waals surface area (Å²) in [4.78, 5) is 8.03. The monoisotopic (exact) mass is 294 g/mol. The van der Waals surface area contributed by atoms with Crippen molar-refractivity contribution in [2.75, 3.05) is 0 Å². The van der Waals surface area contributed by atoms with Crippen LogP contribution in [0.15, 0.2) is 35.1 Å². The maximum atomic E-state index is 8.95. The fraction of sp³-hybridized carbons (Fsp3) is 0.167. The lowest BCUT2D eigenvalue weighted by Gasteiger charge is -2.07. The van der Waals surface area contributed by atoms with Crippen molar-refractivity contribution in [3.8, 4) is 11.6 Å². The van der Waals surface area contributed by atoms with Crippen LogP contribution in [-0.4, -0.2) is 15.1 Å². The summed E-state index contributed by atoms with van der Waals surface area (Å²) >= 11 is 3.42. The summed E-state index contributed by atoms with van der Waals surface area (Å²) in [6, 6.07) is 5.76. The Morgan fingerprint density at radius 2 is 2.18 bits per heavy atom. The SMILES string of the molecule is Cc1ccc(Oc2cncc(CO)n2)c(Br)c1. The number of rotatable bonds is 3. The van der Waals surface area contributed by atoms with E-state index < -0.39 is 0 Å². The molecule has 0 amide bonds. The molecule has 0 spiro atoms. The zero-order chi connectivity index (χ0) is 12.3. The van der Waals surface area contributed by atoms with Gasteiger partial charge in [0.25, 0.3) is 0 Å². The number of hydrogen-bond acceptors (Lipinski definition) is 4. The van der Waals surface area contributed by atoms with Gasteiger partial charge in [0, 0.05) is 0 Å². The van der Waals surface area contributed by atoms with Crippen molar-refractivity contribution in [2.24, 2.45) is 0 Å². The van der Waals surface area contributed by atoms with Crippen molar-refractivity contribution >= 4 is 15.9 Å². The van der Waals surface area contributed by atoms with E-state index in [9.17, 15) is 0 Å². The summed E-state index contributed by atoms with van der Waals surface area (Å²) in [5.74, 6) is 1.03. The van der Waals surface area contributed by atoms with Crippen LogP contribution >= 0.6 is 15.9 Å². The van der Waals surface area contributed by atoms with E-state index in [4.69, 9.17) is 9.84 Å². The van der Waals surface area contributed by atoms with Gasteiger partial charge in [-0.15, -0.1) is 0 Å². The minimum atomic E-state index is -0.154. The molecule has 0 fully saturated rings. The number of benzene rings is 1. The van der Waals surface area contributed by atoms with Crippen LogP contribution in [0.5, 0.6) is 11.6 Å². The predicted molar refractivity (Wildman–Crippen MR) is 66.9 cm³/mol. The molecule has 1 aromatic heterocycles. The molecule has 1 aromatic carbocycles. The van der Waals surface area contributed by atoms with E-state index in [1.807, 2.05) is 25.1 Å². The van der Waals surface area contributed by atoms with Crippen LogP contribution in [0.4, 0.5) is 0 Å². The number of halogens is 1. The van der Waals surface area contributed by atoms with Crippen LogP contribution in [0, 0.1) is 6.92 Å². The quantitative estimate of drug-likeness (QED) is 0.946. The fourth-order valence-electron chi connectivity index (χ4n) is 1.31. The molecular formula is C12H11BrN2O2. The summed E-state index contributed by atoms with van der Waals surface area (Å²) in [5, 5.41) is 8.95. The van der Waals surface area contributed by atoms with Gasteiger partial charge in [-0.25, -0.2) is 4.98 Å². The van der Waals surface area contributed by atoms with Gasteiger partial charge in [-0.3, -0.25) is 4.98 Å². The van der Waals surface area contributed by atoms with Gasteiger partial charge in [-0.05, 0) is 40.5 Å². The number of aliphatic hydroxyl groups is 1. The van der Waals surface area contributed by atoms with Gasteiger partial charge in [0.05, 0.1) is 29.2 Å². The van der Waals surface area contributed by atoms with Crippen LogP contribution in [-0.2, 0) is 6.61 Å². The normalized spacial score (nSPS) is 10.3. The summed E-state index contributed by atoms with van der Waals surface area (Å²) in [6.45, 7) is 1.85. The summed E-state index contributed by atoms with van der Waals surface area (Å²) < 4.78 is 6.43. The Labute approximate surface area is 107 Å². The smallest absolute Gasteiger partial charge is 0.238 e. The second kappa shape index (κ2) is 5.25. The first-order valence-corrected chi connectivity index (χ1v) is 5.84. The molecule has 0 radical (unpaired) electrons. The molecule has 0 saturated heterocycles. The van der Waals surface area contributed by atoms with Gasteiger partial charge in [-0.2, -0.15) is 0 Å². The Bertz CT molecular complexity index is 532.